The lowest BCUT2D eigenvalue weighted by molar-refractivity contribution is -0.137. The molecule has 5 nitrogen and oxygen atoms in total. The molecule has 0 atom stereocenters. The van der Waals surface area contributed by atoms with E-state index in [9.17, 15) is 21.6 Å². The molecule has 3 heterocycles. The molecule has 0 bridgehead atoms. The molecule has 0 unspecified atom stereocenters. The number of aromatic nitrogens is 1. The molecule has 2 saturated heterocycles. The molecular weight excluding hydrogens is 439 g/mol. The topological polar surface area (TPSA) is 53.5 Å². The molecular formula is C23H28F3N3O2S. The quantitative estimate of drug-likeness (QED) is 0.655. The van der Waals surface area contributed by atoms with Gasteiger partial charge in [-0.2, -0.15) is 17.5 Å². The molecule has 0 radical (unpaired) electrons. The Bertz CT molecular complexity index is 981. The summed E-state index contributed by atoms with van der Waals surface area (Å²) in [5.74, 6) is 1.01. The van der Waals surface area contributed by atoms with Gasteiger partial charge in [0.1, 0.15) is 0 Å². The molecule has 0 saturated carbocycles. The Hall–Kier alpha value is -1.97. The first-order valence-corrected chi connectivity index (χ1v) is 12.5. The maximum atomic E-state index is 12.8. The van der Waals surface area contributed by atoms with Gasteiger partial charge in [-0.1, -0.05) is 0 Å². The summed E-state index contributed by atoms with van der Waals surface area (Å²) in [6.45, 7) is 3.86. The molecule has 0 aliphatic carbocycles. The maximum absolute atomic E-state index is 12.8. The maximum Gasteiger partial charge on any atom is 0.416 e. The van der Waals surface area contributed by atoms with Gasteiger partial charge < -0.3 is 4.90 Å². The summed E-state index contributed by atoms with van der Waals surface area (Å²) in [4.78, 5) is 6.48. The number of sulfonamides is 1. The average molecular weight is 468 g/mol. The fourth-order valence-corrected chi connectivity index (χ4v) is 6.22. The Kier molecular flexibility index (Phi) is 6.88. The van der Waals surface area contributed by atoms with Gasteiger partial charge in [-0.25, -0.2) is 8.42 Å². The molecule has 0 amide bonds. The second-order valence-electron chi connectivity index (χ2n) is 8.73. The summed E-state index contributed by atoms with van der Waals surface area (Å²) < 4.78 is 65.3. The summed E-state index contributed by atoms with van der Waals surface area (Å²) in [6.07, 6.45) is 2.97. The summed E-state index contributed by atoms with van der Waals surface area (Å²) in [5, 5.41) is 0. The first-order chi connectivity index (χ1) is 15.2. The Morgan fingerprint density at radius 1 is 0.875 bits per heavy atom. The first kappa shape index (κ1) is 23.2. The minimum absolute atomic E-state index is 0.0814. The lowest BCUT2D eigenvalue weighted by Gasteiger charge is -2.37. The van der Waals surface area contributed by atoms with E-state index >= 15 is 0 Å². The van der Waals surface area contributed by atoms with Gasteiger partial charge in [-0.3, -0.25) is 4.98 Å². The normalized spacial score (nSPS) is 20.5. The molecule has 0 N–H and O–H groups in total. The molecule has 0 spiro atoms. The zero-order valence-electron chi connectivity index (χ0n) is 17.8. The standard InChI is InChI=1S/C23H28F3N3O2S/c24-23(25,26)21-1-3-22(4-2-21)32(30,31)29-15-7-18(8-16-29)17-28-13-9-20(10-14-28)19-5-11-27-12-6-19/h1-6,11-12,18,20H,7-10,13-17H2. The van der Waals surface area contributed by atoms with Crippen molar-refractivity contribution in [2.75, 3.05) is 32.7 Å². The van der Waals surface area contributed by atoms with Gasteiger partial charge in [-0.05, 0) is 92.6 Å². The zero-order valence-corrected chi connectivity index (χ0v) is 18.7. The third-order valence-electron chi connectivity index (χ3n) is 6.67. The molecule has 2 aliphatic heterocycles. The van der Waals surface area contributed by atoms with Gasteiger partial charge >= 0.3 is 6.18 Å². The lowest BCUT2D eigenvalue weighted by Crippen LogP contribution is -2.43. The first-order valence-electron chi connectivity index (χ1n) is 11.0. The van der Waals surface area contributed by atoms with Crippen LogP contribution in [0.5, 0.6) is 0 Å². The summed E-state index contributed by atoms with van der Waals surface area (Å²) >= 11 is 0. The number of pyridine rings is 1. The number of piperidine rings is 2. The van der Waals surface area contributed by atoms with Gasteiger partial charge in [0.2, 0.25) is 10.0 Å². The third-order valence-corrected chi connectivity index (χ3v) is 8.59. The van der Waals surface area contributed by atoms with Gasteiger partial charge in [0.25, 0.3) is 0 Å². The van der Waals surface area contributed by atoms with Crippen LogP contribution in [0.1, 0.15) is 42.7 Å². The molecule has 9 heteroatoms. The van der Waals surface area contributed by atoms with E-state index in [1.54, 1.807) is 0 Å². The van der Waals surface area contributed by atoms with Crippen molar-refractivity contribution in [2.24, 2.45) is 5.92 Å². The number of nitrogens with zero attached hydrogens (tertiary/aromatic N) is 3. The van der Waals surface area contributed by atoms with Gasteiger partial charge in [0, 0.05) is 32.0 Å². The van der Waals surface area contributed by atoms with E-state index in [2.05, 4.69) is 22.0 Å². The van der Waals surface area contributed by atoms with Gasteiger partial charge in [0.05, 0.1) is 10.5 Å². The predicted molar refractivity (Wildman–Crippen MR) is 116 cm³/mol. The van der Waals surface area contributed by atoms with E-state index in [1.807, 2.05) is 12.4 Å². The summed E-state index contributed by atoms with van der Waals surface area (Å²) in [7, 11) is -3.77. The van der Waals surface area contributed by atoms with Crippen LogP contribution in [0.25, 0.3) is 0 Å². The number of hydrogen-bond acceptors (Lipinski definition) is 4. The Morgan fingerprint density at radius 3 is 2.03 bits per heavy atom. The molecule has 1 aromatic carbocycles. The van der Waals surface area contributed by atoms with Crippen LogP contribution < -0.4 is 0 Å². The highest BCUT2D eigenvalue weighted by atomic mass is 32.2. The lowest BCUT2D eigenvalue weighted by atomic mass is 9.89. The van der Waals surface area contributed by atoms with Crippen LogP contribution in [0.2, 0.25) is 0 Å². The van der Waals surface area contributed by atoms with Gasteiger partial charge in [0.15, 0.2) is 0 Å². The van der Waals surface area contributed by atoms with E-state index in [4.69, 9.17) is 0 Å². The second-order valence-corrected chi connectivity index (χ2v) is 10.7. The molecule has 174 valence electrons. The summed E-state index contributed by atoms with van der Waals surface area (Å²) in [6, 6.07) is 7.94. The van der Waals surface area contributed by atoms with Crippen molar-refractivity contribution in [2.45, 2.75) is 42.7 Å². The van der Waals surface area contributed by atoms with Crippen molar-refractivity contribution in [3.8, 4) is 0 Å². The minimum Gasteiger partial charge on any atom is -0.303 e. The Labute approximate surface area is 187 Å². The fourth-order valence-electron chi connectivity index (χ4n) is 4.75. The van der Waals surface area contributed by atoms with Gasteiger partial charge in [-0.15, -0.1) is 0 Å². The van der Waals surface area contributed by atoms with Crippen LogP contribution in [0, 0.1) is 5.92 Å². The smallest absolute Gasteiger partial charge is 0.303 e. The number of benzene rings is 1. The highest BCUT2D eigenvalue weighted by Crippen LogP contribution is 2.32. The van der Waals surface area contributed by atoms with Crippen LogP contribution in [0.3, 0.4) is 0 Å². The molecule has 32 heavy (non-hydrogen) atoms. The van der Waals surface area contributed by atoms with E-state index in [0.29, 0.717) is 24.9 Å². The van der Waals surface area contributed by atoms with Crippen molar-refractivity contribution in [1.82, 2.24) is 14.2 Å². The van der Waals surface area contributed by atoms with E-state index in [0.717, 1.165) is 69.6 Å². The van der Waals surface area contributed by atoms with Crippen molar-refractivity contribution in [3.05, 3.63) is 59.9 Å². The zero-order chi connectivity index (χ0) is 22.8. The van der Waals surface area contributed by atoms with Crippen molar-refractivity contribution >= 4 is 10.0 Å². The molecule has 2 aliphatic rings. The highest BCUT2D eigenvalue weighted by Gasteiger charge is 2.33. The second kappa shape index (κ2) is 9.49. The minimum atomic E-state index is -4.48. The Balaban J connectivity index is 1.27. The number of hydrogen-bond donors (Lipinski definition) is 0. The third kappa shape index (κ3) is 5.32. The molecule has 2 fully saturated rings. The fraction of sp³-hybridized carbons (Fsp3) is 0.522. The Morgan fingerprint density at radius 2 is 1.47 bits per heavy atom. The number of halogens is 3. The molecule has 1 aromatic heterocycles. The van der Waals surface area contributed by atoms with Crippen LogP contribution in [-0.2, 0) is 16.2 Å². The van der Waals surface area contributed by atoms with Crippen LogP contribution >= 0.6 is 0 Å². The van der Waals surface area contributed by atoms with E-state index in [1.165, 1.54) is 9.87 Å². The van der Waals surface area contributed by atoms with Crippen molar-refractivity contribution in [1.29, 1.82) is 0 Å². The van der Waals surface area contributed by atoms with Crippen LogP contribution in [0.4, 0.5) is 13.2 Å². The monoisotopic (exact) mass is 467 g/mol. The molecule has 4 rings (SSSR count). The van der Waals surface area contributed by atoms with Crippen molar-refractivity contribution in [3.63, 3.8) is 0 Å². The average Bonchev–Trinajstić information content (AvgIpc) is 2.80. The van der Waals surface area contributed by atoms with Crippen LogP contribution in [0.15, 0.2) is 53.7 Å². The van der Waals surface area contributed by atoms with Crippen LogP contribution in [-0.4, -0.2) is 55.3 Å². The SMILES string of the molecule is O=S(=O)(c1ccc(C(F)(F)F)cc1)N1CCC(CN2CCC(c3ccncc3)CC2)CC1. The number of rotatable bonds is 5. The summed E-state index contributed by atoms with van der Waals surface area (Å²) in [5.41, 5.74) is 0.504. The number of likely N-dealkylation sites (tertiary alicyclic amines) is 1. The van der Waals surface area contributed by atoms with E-state index in [-0.39, 0.29) is 4.90 Å². The van der Waals surface area contributed by atoms with E-state index < -0.39 is 21.8 Å². The predicted octanol–water partition coefficient (Wildman–Crippen LogP) is 4.38. The largest absolute Gasteiger partial charge is 0.416 e. The van der Waals surface area contributed by atoms with Crippen molar-refractivity contribution < 1.29 is 21.6 Å². The highest BCUT2D eigenvalue weighted by molar-refractivity contribution is 7.89. The molecule has 2 aromatic rings. The number of alkyl halides is 3.